The highest BCUT2D eigenvalue weighted by Crippen LogP contribution is 2.27. The first-order chi connectivity index (χ1) is 7.62. The predicted molar refractivity (Wildman–Crippen MR) is 64.3 cm³/mol. The Hall–Kier alpha value is -0.610. The van der Waals surface area contributed by atoms with Crippen molar-refractivity contribution in [1.82, 2.24) is 15.1 Å². The van der Waals surface area contributed by atoms with Gasteiger partial charge in [-0.05, 0) is 39.9 Å². The molecule has 2 aliphatic rings. The minimum Gasteiger partial charge on any atom is -0.341 e. The van der Waals surface area contributed by atoms with Crippen molar-refractivity contribution in [3.8, 4) is 0 Å². The normalized spacial score (nSPS) is 32.8. The summed E-state index contributed by atoms with van der Waals surface area (Å²) in [4.78, 5) is 16.8. The highest BCUT2D eigenvalue weighted by Gasteiger charge is 2.39. The lowest BCUT2D eigenvalue weighted by Gasteiger charge is -2.30. The third-order valence-corrected chi connectivity index (χ3v) is 3.89. The van der Waals surface area contributed by atoms with Gasteiger partial charge >= 0.3 is 0 Å². The van der Waals surface area contributed by atoms with Gasteiger partial charge in [-0.15, -0.1) is 0 Å². The van der Waals surface area contributed by atoms with Gasteiger partial charge in [0.1, 0.15) is 0 Å². The SMILES string of the molecule is CN1CCCN(C(=O)C2(C)CCNC2)CC1. The van der Waals surface area contributed by atoms with E-state index in [0.29, 0.717) is 5.91 Å². The van der Waals surface area contributed by atoms with Crippen molar-refractivity contribution >= 4 is 5.91 Å². The largest absolute Gasteiger partial charge is 0.341 e. The van der Waals surface area contributed by atoms with E-state index in [-0.39, 0.29) is 5.41 Å². The lowest BCUT2D eigenvalue weighted by Crippen LogP contribution is -2.45. The van der Waals surface area contributed by atoms with E-state index in [0.717, 1.165) is 52.1 Å². The Kier molecular flexibility index (Phi) is 3.50. The Bertz CT molecular complexity index is 261. The van der Waals surface area contributed by atoms with Crippen LogP contribution in [0.3, 0.4) is 0 Å². The van der Waals surface area contributed by atoms with Gasteiger partial charge in [-0.1, -0.05) is 0 Å². The summed E-state index contributed by atoms with van der Waals surface area (Å²) in [6, 6.07) is 0. The van der Waals surface area contributed by atoms with Gasteiger partial charge in [0.25, 0.3) is 0 Å². The molecule has 4 heteroatoms. The lowest BCUT2D eigenvalue weighted by atomic mass is 9.88. The van der Waals surface area contributed by atoms with Crippen molar-refractivity contribution in [2.45, 2.75) is 19.8 Å². The third kappa shape index (κ3) is 2.38. The topological polar surface area (TPSA) is 35.6 Å². The Morgan fingerprint density at radius 2 is 2.06 bits per heavy atom. The molecule has 1 unspecified atom stereocenters. The van der Waals surface area contributed by atoms with E-state index in [2.05, 4.69) is 29.1 Å². The fraction of sp³-hybridized carbons (Fsp3) is 0.917. The number of rotatable bonds is 1. The minimum absolute atomic E-state index is 0.150. The van der Waals surface area contributed by atoms with Crippen molar-refractivity contribution in [3.63, 3.8) is 0 Å². The highest BCUT2D eigenvalue weighted by atomic mass is 16.2. The standard InChI is InChI=1S/C12H23N3O/c1-12(4-5-13-10-12)11(16)15-7-3-6-14(2)8-9-15/h13H,3-10H2,1-2H3. The molecule has 1 atom stereocenters. The molecule has 1 amide bonds. The summed E-state index contributed by atoms with van der Waals surface area (Å²) < 4.78 is 0. The molecule has 0 aromatic carbocycles. The van der Waals surface area contributed by atoms with Crippen molar-refractivity contribution < 1.29 is 4.79 Å². The van der Waals surface area contributed by atoms with Gasteiger partial charge in [0.15, 0.2) is 0 Å². The van der Waals surface area contributed by atoms with Crippen LogP contribution in [-0.4, -0.2) is 62.0 Å². The van der Waals surface area contributed by atoms with Crippen LogP contribution in [0.15, 0.2) is 0 Å². The van der Waals surface area contributed by atoms with E-state index in [1.165, 1.54) is 0 Å². The molecule has 0 aliphatic carbocycles. The average molecular weight is 225 g/mol. The molecule has 0 aromatic heterocycles. The molecule has 2 aliphatic heterocycles. The first-order valence-electron chi connectivity index (χ1n) is 6.30. The van der Waals surface area contributed by atoms with E-state index in [1.54, 1.807) is 0 Å². The predicted octanol–water partition coefficient (Wildman–Crippen LogP) is 0.150. The van der Waals surface area contributed by atoms with Gasteiger partial charge in [0.05, 0.1) is 5.41 Å². The van der Waals surface area contributed by atoms with Crippen LogP contribution in [0.1, 0.15) is 19.8 Å². The second kappa shape index (κ2) is 4.72. The molecule has 0 radical (unpaired) electrons. The molecule has 2 rings (SSSR count). The van der Waals surface area contributed by atoms with Gasteiger partial charge in [-0.2, -0.15) is 0 Å². The van der Waals surface area contributed by atoms with Crippen LogP contribution in [0, 0.1) is 5.41 Å². The molecule has 2 heterocycles. The molecule has 0 aromatic rings. The fourth-order valence-electron chi connectivity index (χ4n) is 2.63. The number of likely N-dealkylation sites (N-methyl/N-ethyl adjacent to an activating group) is 1. The number of carbonyl (C=O) groups is 1. The van der Waals surface area contributed by atoms with Gasteiger partial charge in [0, 0.05) is 26.2 Å². The summed E-state index contributed by atoms with van der Waals surface area (Å²) in [5.41, 5.74) is -0.150. The molecule has 4 nitrogen and oxygen atoms in total. The number of carbonyl (C=O) groups excluding carboxylic acids is 1. The van der Waals surface area contributed by atoms with E-state index in [1.807, 2.05) is 0 Å². The smallest absolute Gasteiger partial charge is 0.229 e. The number of hydrogen-bond donors (Lipinski definition) is 1. The molecule has 0 spiro atoms. The molecule has 1 N–H and O–H groups in total. The molecule has 92 valence electrons. The Balaban J connectivity index is 1.98. The third-order valence-electron chi connectivity index (χ3n) is 3.89. The maximum Gasteiger partial charge on any atom is 0.229 e. The number of nitrogens with one attached hydrogen (secondary N) is 1. The summed E-state index contributed by atoms with van der Waals surface area (Å²) in [5, 5.41) is 3.30. The quantitative estimate of drug-likeness (QED) is 0.690. The van der Waals surface area contributed by atoms with Gasteiger partial charge in [-0.3, -0.25) is 4.79 Å². The number of hydrogen-bond acceptors (Lipinski definition) is 3. The Morgan fingerprint density at radius 3 is 2.75 bits per heavy atom. The van der Waals surface area contributed by atoms with Crippen LogP contribution in [0.4, 0.5) is 0 Å². The number of amides is 1. The highest BCUT2D eigenvalue weighted by molar-refractivity contribution is 5.83. The monoisotopic (exact) mass is 225 g/mol. The van der Waals surface area contributed by atoms with E-state index in [9.17, 15) is 4.79 Å². The van der Waals surface area contributed by atoms with Crippen LogP contribution < -0.4 is 5.32 Å². The molecular weight excluding hydrogens is 202 g/mol. The first kappa shape index (κ1) is 11.9. The van der Waals surface area contributed by atoms with Crippen LogP contribution in [0.5, 0.6) is 0 Å². The summed E-state index contributed by atoms with van der Waals surface area (Å²) >= 11 is 0. The van der Waals surface area contributed by atoms with Crippen molar-refractivity contribution in [2.24, 2.45) is 5.41 Å². The van der Waals surface area contributed by atoms with E-state index in [4.69, 9.17) is 0 Å². The Labute approximate surface area is 98.0 Å². The molecule has 16 heavy (non-hydrogen) atoms. The maximum absolute atomic E-state index is 12.4. The maximum atomic E-state index is 12.4. The molecule has 2 saturated heterocycles. The van der Waals surface area contributed by atoms with Crippen molar-refractivity contribution in [2.75, 3.05) is 46.3 Å². The van der Waals surface area contributed by atoms with Crippen LogP contribution in [0.2, 0.25) is 0 Å². The minimum atomic E-state index is -0.150. The Morgan fingerprint density at radius 1 is 1.25 bits per heavy atom. The number of nitrogens with zero attached hydrogens (tertiary/aromatic N) is 2. The van der Waals surface area contributed by atoms with Crippen molar-refractivity contribution in [3.05, 3.63) is 0 Å². The fourth-order valence-corrected chi connectivity index (χ4v) is 2.63. The van der Waals surface area contributed by atoms with E-state index >= 15 is 0 Å². The zero-order chi connectivity index (χ0) is 11.6. The zero-order valence-corrected chi connectivity index (χ0v) is 10.5. The zero-order valence-electron chi connectivity index (χ0n) is 10.5. The summed E-state index contributed by atoms with van der Waals surface area (Å²) in [7, 11) is 2.13. The second-order valence-electron chi connectivity index (χ2n) is 5.44. The second-order valence-corrected chi connectivity index (χ2v) is 5.44. The van der Waals surface area contributed by atoms with Crippen LogP contribution in [0.25, 0.3) is 0 Å². The van der Waals surface area contributed by atoms with E-state index < -0.39 is 0 Å². The molecule has 0 saturated carbocycles. The lowest BCUT2D eigenvalue weighted by molar-refractivity contribution is -0.140. The summed E-state index contributed by atoms with van der Waals surface area (Å²) in [6.45, 7) is 7.87. The molecule has 0 bridgehead atoms. The first-order valence-corrected chi connectivity index (χ1v) is 6.30. The van der Waals surface area contributed by atoms with Gasteiger partial charge in [-0.25, -0.2) is 0 Å². The van der Waals surface area contributed by atoms with Crippen LogP contribution >= 0.6 is 0 Å². The van der Waals surface area contributed by atoms with Crippen molar-refractivity contribution in [1.29, 1.82) is 0 Å². The van der Waals surface area contributed by atoms with Gasteiger partial charge in [0.2, 0.25) is 5.91 Å². The summed E-state index contributed by atoms with van der Waals surface area (Å²) in [6.07, 6.45) is 2.09. The average Bonchev–Trinajstić information content (AvgIpc) is 2.59. The molecule has 2 fully saturated rings. The molecular formula is C12H23N3O. The van der Waals surface area contributed by atoms with Gasteiger partial charge < -0.3 is 15.1 Å². The summed E-state index contributed by atoms with van der Waals surface area (Å²) in [5.74, 6) is 0.354. The van der Waals surface area contributed by atoms with Crippen LogP contribution in [-0.2, 0) is 4.79 Å².